The number of hydrogen-bond acceptors (Lipinski definition) is 6. The lowest BCUT2D eigenvalue weighted by Gasteiger charge is -2.19. The normalized spacial score (nSPS) is 31.1. The zero-order valence-corrected chi connectivity index (χ0v) is 9.49. The van der Waals surface area contributed by atoms with Crippen LogP contribution >= 0.6 is 11.6 Å². The quantitative estimate of drug-likeness (QED) is 0.301. The molecule has 0 bridgehead atoms. The Morgan fingerprint density at radius 1 is 1.67 bits per heavy atom. The highest BCUT2D eigenvalue weighted by atomic mass is 35.5. The van der Waals surface area contributed by atoms with E-state index in [1.54, 1.807) is 0 Å². The monoisotopic (exact) mass is 253 g/mol. The Bertz CT molecular complexity index is 457. The lowest BCUT2D eigenvalue weighted by molar-refractivity contribution is -0.500. The van der Waals surface area contributed by atoms with E-state index >= 15 is 0 Å². The molecule has 0 aromatic rings. The van der Waals surface area contributed by atoms with Crippen LogP contribution in [0, 0.1) is 10.1 Å². The zero-order valence-electron chi connectivity index (χ0n) is 7.92. The Labute approximate surface area is 90.9 Å². The third kappa shape index (κ3) is 2.15. The second kappa shape index (κ2) is 3.53. The number of halogens is 1. The summed E-state index contributed by atoms with van der Waals surface area (Å²) in [5.41, 5.74) is -1.43. The van der Waals surface area contributed by atoms with E-state index in [2.05, 4.69) is 9.98 Å². The topological polar surface area (TPSA) is 102 Å². The maximum atomic E-state index is 11.1. The van der Waals surface area contributed by atoms with Crippen molar-refractivity contribution in [2.75, 3.05) is 6.26 Å². The fourth-order valence-electron chi connectivity index (χ4n) is 0.931. The highest BCUT2D eigenvalue weighted by Gasteiger charge is 2.46. The third-order valence-corrected chi connectivity index (χ3v) is 3.34. The number of nitrogens with zero attached hydrogens (tertiary/aromatic N) is 3. The van der Waals surface area contributed by atoms with Crippen LogP contribution in [0.1, 0.15) is 6.92 Å². The van der Waals surface area contributed by atoms with E-state index < -0.39 is 25.3 Å². The average molecular weight is 254 g/mol. The van der Waals surface area contributed by atoms with Crippen LogP contribution in [0.2, 0.25) is 0 Å². The van der Waals surface area contributed by atoms with Crippen molar-refractivity contribution >= 4 is 33.4 Å². The fraction of sp³-hybridized carbons (Fsp3) is 0.667. The molecule has 0 saturated heterocycles. The predicted molar refractivity (Wildman–Crippen MR) is 55.8 cm³/mol. The summed E-state index contributed by atoms with van der Waals surface area (Å²) in [6, 6.07) is 0. The first kappa shape index (κ1) is 12.1. The Morgan fingerprint density at radius 3 is 2.53 bits per heavy atom. The van der Waals surface area contributed by atoms with Crippen LogP contribution in [0.5, 0.6) is 0 Å². The van der Waals surface area contributed by atoms with Gasteiger partial charge in [0.2, 0.25) is 5.50 Å². The van der Waals surface area contributed by atoms with Crippen LogP contribution in [-0.2, 0) is 9.84 Å². The Morgan fingerprint density at radius 2 is 2.20 bits per heavy atom. The summed E-state index contributed by atoms with van der Waals surface area (Å²) < 4.78 is 22.2. The molecule has 7 nitrogen and oxygen atoms in total. The molecular weight excluding hydrogens is 246 g/mol. The predicted octanol–water partition coefficient (Wildman–Crippen LogP) is 0.0717. The van der Waals surface area contributed by atoms with Gasteiger partial charge < -0.3 is 0 Å². The molecule has 0 spiro atoms. The number of sulfone groups is 1. The lowest BCUT2D eigenvalue weighted by Crippen LogP contribution is -2.45. The first-order valence-electron chi connectivity index (χ1n) is 3.79. The summed E-state index contributed by atoms with van der Waals surface area (Å²) in [6.45, 7) is 1.29. The molecule has 0 saturated carbocycles. The molecule has 0 amide bonds. The van der Waals surface area contributed by atoms with E-state index in [1.807, 2.05) is 0 Å². The minimum Gasteiger partial charge on any atom is -0.262 e. The van der Waals surface area contributed by atoms with Gasteiger partial charge in [-0.25, -0.2) is 18.4 Å². The molecule has 1 rings (SSSR count). The van der Waals surface area contributed by atoms with Crippen LogP contribution < -0.4 is 0 Å². The molecule has 0 aromatic heterocycles. The third-order valence-electron chi connectivity index (χ3n) is 1.83. The lowest BCUT2D eigenvalue weighted by atomic mass is 10.2. The van der Waals surface area contributed by atoms with Crippen LogP contribution in [0.15, 0.2) is 9.98 Å². The SMILES string of the molecule is CC1=NC(S(C)(=O)=O)N=CC1(Cl)[N+](=O)[O-]. The van der Waals surface area contributed by atoms with Gasteiger partial charge in [0.15, 0.2) is 9.84 Å². The summed E-state index contributed by atoms with van der Waals surface area (Å²) in [4.78, 5) is 14.8. The molecule has 2 atom stereocenters. The smallest absolute Gasteiger partial charge is 0.262 e. The Hall–Kier alpha value is -1.02. The van der Waals surface area contributed by atoms with Gasteiger partial charge in [-0.15, -0.1) is 0 Å². The van der Waals surface area contributed by atoms with E-state index in [0.29, 0.717) is 0 Å². The highest BCUT2D eigenvalue weighted by molar-refractivity contribution is 7.91. The van der Waals surface area contributed by atoms with Gasteiger partial charge in [0.1, 0.15) is 11.9 Å². The van der Waals surface area contributed by atoms with Gasteiger partial charge >= 0.3 is 5.00 Å². The molecule has 84 valence electrons. The van der Waals surface area contributed by atoms with Crippen LogP contribution in [-0.4, -0.2) is 42.0 Å². The van der Waals surface area contributed by atoms with Gasteiger partial charge in [-0.1, -0.05) is 0 Å². The van der Waals surface area contributed by atoms with E-state index in [4.69, 9.17) is 11.6 Å². The summed E-state index contributed by atoms with van der Waals surface area (Å²) in [6.07, 6.45) is 1.74. The molecule has 2 unspecified atom stereocenters. The highest BCUT2D eigenvalue weighted by Crippen LogP contribution is 2.22. The molecule has 1 heterocycles. The molecule has 0 N–H and O–H groups in total. The van der Waals surface area contributed by atoms with Crippen molar-refractivity contribution in [3.05, 3.63) is 10.1 Å². The molecule has 0 aliphatic carbocycles. The van der Waals surface area contributed by atoms with Crippen molar-refractivity contribution in [3.8, 4) is 0 Å². The molecule has 0 radical (unpaired) electrons. The van der Waals surface area contributed by atoms with Crippen molar-refractivity contribution in [1.29, 1.82) is 0 Å². The van der Waals surface area contributed by atoms with E-state index in [-0.39, 0.29) is 5.71 Å². The number of nitro groups is 1. The van der Waals surface area contributed by atoms with Crippen LogP contribution in [0.3, 0.4) is 0 Å². The minimum absolute atomic E-state index is 0.0976. The van der Waals surface area contributed by atoms with Crippen molar-refractivity contribution in [2.24, 2.45) is 9.98 Å². The largest absolute Gasteiger partial charge is 0.367 e. The van der Waals surface area contributed by atoms with Crippen molar-refractivity contribution in [2.45, 2.75) is 17.4 Å². The van der Waals surface area contributed by atoms with Gasteiger partial charge in [0.05, 0.1) is 4.92 Å². The second-order valence-corrected chi connectivity index (χ2v) is 5.74. The minimum atomic E-state index is -3.50. The maximum Gasteiger partial charge on any atom is 0.367 e. The summed E-state index contributed by atoms with van der Waals surface area (Å²) in [5, 5.41) is 10.6. The number of alkyl halides is 1. The average Bonchev–Trinajstić information content (AvgIpc) is 2.07. The first-order valence-corrected chi connectivity index (χ1v) is 6.12. The van der Waals surface area contributed by atoms with Crippen LogP contribution in [0.25, 0.3) is 0 Å². The standard InChI is InChI=1S/C6H8ClN3O4S/c1-4-6(7,10(11)12)3-8-5(9-4)15(2,13)14/h3,5H,1-2H3. The zero-order chi connectivity index (χ0) is 11.9. The molecular formula is C6H8ClN3O4S. The molecule has 1 aliphatic heterocycles. The Balaban J connectivity index is 3.15. The first-order chi connectivity index (χ1) is 6.68. The van der Waals surface area contributed by atoms with E-state index in [0.717, 1.165) is 12.5 Å². The number of hydrogen-bond donors (Lipinski definition) is 0. The van der Waals surface area contributed by atoms with Gasteiger partial charge in [-0.3, -0.25) is 10.1 Å². The van der Waals surface area contributed by atoms with Gasteiger partial charge in [-0.05, 0) is 18.5 Å². The number of aliphatic imine (C=N–C) groups is 2. The van der Waals surface area contributed by atoms with Crippen molar-refractivity contribution < 1.29 is 13.3 Å². The summed E-state index contributed by atoms with van der Waals surface area (Å²) in [5.74, 6) is 0. The van der Waals surface area contributed by atoms with E-state index in [9.17, 15) is 18.5 Å². The van der Waals surface area contributed by atoms with Gasteiger partial charge in [0.25, 0.3) is 0 Å². The molecule has 0 aromatic carbocycles. The fourth-order valence-corrected chi connectivity index (χ4v) is 1.67. The van der Waals surface area contributed by atoms with Crippen molar-refractivity contribution in [1.82, 2.24) is 0 Å². The maximum absolute atomic E-state index is 11.1. The van der Waals surface area contributed by atoms with E-state index in [1.165, 1.54) is 6.92 Å². The van der Waals surface area contributed by atoms with Crippen LogP contribution in [0.4, 0.5) is 0 Å². The molecule has 9 heteroatoms. The van der Waals surface area contributed by atoms with Gasteiger partial charge in [0, 0.05) is 6.26 Å². The second-order valence-electron chi connectivity index (χ2n) is 3.08. The summed E-state index contributed by atoms with van der Waals surface area (Å²) >= 11 is 5.60. The molecule has 0 fully saturated rings. The summed E-state index contributed by atoms with van der Waals surface area (Å²) in [7, 11) is -3.50. The molecule has 15 heavy (non-hydrogen) atoms. The molecule has 1 aliphatic rings. The number of rotatable bonds is 2. The van der Waals surface area contributed by atoms with Crippen molar-refractivity contribution in [3.63, 3.8) is 0 Å². The Kier molecular flexibility index (Phi) is 2.83. The van der Waals surface area contributed by atoms with Gasteiger partial charge in [-0.2, -0.15) is 0 Å².